The molecule has 1 aromatic carbocycles. The maximum Gasteiger partial charge on any atom is 0.387 e. The summed E-state index contributed by atoms with van der Waals surface area (Å²) < 4.78 is 33.7. The standard InChI is InChI=1S/C13H13BrF2O4/c1-3-19-12(18)8-4-5-10(20-13(15)16)9(6-8)11(17)7(2)14/h4-7,13H,3H2,1-2H3. The first kappa shape index (κ1) is 16.6. The zero-order valence-electron chi connectivity index (χ0n) is 10.9. The van der Waals surface area contributed by atoms with Gasteiger partial charge in [-0.3, -0.25) is 4.79 Å². The molecule has 0 aliphatic rings. The van der Waals surface area contributed by atoms with Gasteiger partial charge in [0.05, 0.1) is 22.6 Å². The summed E-state index contributed by atoms with van der Waals surface area (Å²) in [5.41, 5.74) is 0.00481. The summed E-state index contributed by atoms with van der Waals surface area (Å²) in [6.45, 7) is 0.303. The lowest BCUT2D eigenvalue weighted by atomic mass is 10.0. The molecule has 7 heteroatoms. The quantitative estimate of drug-likeness (QED) is 0.448. The van der Waals surface area contributed by atoms with Crippen LogP contribution < -0.4 is 4.74 Å². The van der Waals surface area contributed by atoms with Crippen molar-refractivity contribution in [1.82, 2.24) is 0 Å². The molecule has 0 heterocycles. The fraction of sp³-hybridized carbons (Fsp3) is 0.385. The molecule has 1 atom stereocenters. The Labute approximate surface area is 123 Å². The zero-order chi connectivity index (χ0) is 15.3. The molecule has 0 aliphatic carbocycles. The van der Waals surface area contributed by atoms with Gasteiger partial charge >= 0.3 is 12.6 Å². The Hall–Kier alpha value is -1.50. The molecular weight excluding hydrogens is 338 g/mol. The Kier molecular flexibility index (Phi) is 6.06. The van der Waals surface area contributed by atoms with Gasteiger partial charge in [-0.2, -0.15) is 8.78 Å². The molecule has 20 heavy (non-hydrogen) atoms. The van der Waals surface area contributed by atoms with Crippen LogP contribution in [0.4, 0.5) is 8.78 Å². The van der Waals surface area contributed by atoms with E-state index in [-0.39, 0.29) is 23.5 Å². The second-order valence-electron chi connectivity index (χ2n) is 3.79. The SMILES string of the molecule is CCOC(=O)c1ccc(OC(F)F)c(C(=O)C(C)Br)c1. The van der Waals surface area contributed by atoms with Crippen LogP contribution in [0, 0.1) is 0 Å². The second kappa shape index (κ2) is 7.33. The van der Waals surface area contributed by atoms with Gasteiger partial charge in [-0.1, -0.05) is 15.9 Å². The van der Waals surface area contributed by atoms with Crippen molar-refractivity contribution >= 4 is 27.7 Å². The van der Waals surface area contributed by atoms with Crippen molar-refractivity contribution in [2.45, 2.75) is 25.3 Å². The number of benzene rings is 1. The molecule has 0 spiro atoms. The summed E-state index contributed by atoms with van der Waals surface area (Å²) in [7, 11) is 0. The van der Waals surface area contributed by atoms with Gasteiger partial charge in [-0.15, -0.1) is 0 Å². The molecule has 0 N–H and O–H groups in total. The Morgan fingerprint density at radius 2 is 2.00 bits per heavy atom. The number of ketones is 1. The summed E-state index contributed by atoms with van der Waals surface area (Å²) in [6.07, 6.45) is 0. The monoisotopic (exact) mass is 350 g/mol. The summed E-state index contributed by atoms with van der Waals surface area (Å²) >= 11 is 3.06. The molecule has 0 amide bonds. The average molecular weight is 351 g/mol. The first-order valence-corrected chi connectivity index (χ1v) is 6.72. The van der Waals surface area contributed by atoms with Crippen LogP contribution in [-0.4, -0.2) is 29.8 Å². The third-order valence-electron chi connectivity index (χ3n) is 2.33. The summed E-state index contributed by atoms with van der Waals surface area (Å²) in [6, 6.07) is 3.61. The molecule has 0 aliphatic heterocycles. The highest BCUT2D eigenvalue weighted by Gasteiger charge is 2.21. The Morgan fingerprint density at radius 1 is 1.35 bits per heavy atom. The van der Waals surface area contributed by atoms with Gasteiger partial charge in [0.1, 0.15) is 5.75 Å². The molecule has 0 saturated heterocycles. The number of carbonyl (C=O) groups is 2. The van der Waals surface area contributed by atoms with E-state index >= 15 is 0 Å². The first-order valence-electron chi connectivity index (χ1n) is 5.81. The number of carbonyl (C=O) groups excluding carboxylic acids is 2. The predicted molar refractivity (Wildman–Crippen MR) is 71.8 cm³/mol. The molecule has 0 saturated carbocycles. The van der Waals surface area contributed by atoms with Gasteiger partial charge in [-0.25, -0.2) is 4.79 Å². The fourth-order valence-electron chi connectivity index (χ4n) is 1.48. The first-order chi connectivity index (χ1) is 9.36. The number of rotatable bonds is 6. The third-order valence-corrected chi connectivity index (χ3v) is 2.75. The van der Waals surface area contributed by atoms with Crippen LogP contribution in [0.5, 0.6) is 5.75 Å². The van der Waals surface area contributed by atoms with E-state index < -0.39 is 23.2 Å². The van der Waals surface area contributed by atoms with Crippen molar-refractivity contribution in [3.8, 4) is 5.75 Å². The van der Waals surface area contributed by atoms with Crippen molar-refractivity contribution in [3.05, 3.63) is 29.3 Å². The van der Waals surface area contributed by atoms with Crippen molar-refractivity contribution < 1.29 is 27.8 Å². The highest BCUT2D eigenvalue weighted by atomic mass is 79.9. The number of hydrogen-bond donors (Lipinski definition) is 0. The van der Waals surface area contributed by atoms with Crippen LogP contribution in [-0.2, 0) is 4.74 Å². The van der Waals surface area contributed by atoms with E-state index in [2.05, 4.69) is 20.7 Å². The minimum atomic E-state index is -3.05. The van der Waals surface area contributed by atoms with Gasteiger partial charge in [0.25, 0.3) is 0 Å². The molecule has 110 valence electrons. The van der Waals surface area contributed by atoms with Gasteiger partial charge in [-0.05, 0) is 32.0 Å². The summed E-state index contributed by atoms with van der Waals surface area (Å²) in [4.78, 5) is 22.9. The highest BCUT2D eigenvalue weighted by molar-refractivity contribution is 9.10. The summed E-state index contributed by atoms with van der Waals surface area (Å²) in [5, 5.41) is 0. The van der Waals surface area contributed by atoms with E-state index in [1.807, 2.05) is 0 Å². The third kappa shape index (κ3) is 4.26. The normalized spacial score (nSPS) is 12.1. The van der Waals surface area contributed by atoms with Crippen LogP contribution >= 0.6 is 15.9 Å². The summed E-state index contributed by atoms with van der Waals surface area (Å²) in [5.74, 6) is -1.37. The molecule has 1 aromatic rings. The smallest absolute Gasteiger partial charge is 0.387 e. The largest absolute Gasteiger partial charge is 0.462 e. The molecule has 1 unspecified atom stereocenters. The van der Waals surface area contributed by atoms with Crippen LogP contribution in [0.3, 0.4) is 0 Å². The Bertz CT molecular complexity index is 503. The minimum absolute atomic E-state index is 0.0970. The molecular formula is C13H13BrF2O4. The molecule has 0 bridgehead atoms. The topological polar surface area (TPSA) is 52.6 Å². The highest BCUT2D eigenvalue weighted by Crippen LogP contribution is 2.25. The van der Waals surface area contributed by atoms with Crippen molar-refractivity contribution in [2.24, 2.45) is 0 Å². The lowest BCUT2D eigenvalue weighted by Gasteiger charge is -2.12. The van der Waals surface area contributed by atoms with Crippen molar-refractivity contribution in [2.75, 3.05) is 6.61 Å². The number of halogens is 3. The number of hydrogen-bond acceptors (Lipinski definition) is 4. The van der Waals surface area contributed by atoms with Crippen LogP contribution in [0.1, 0.15) is 34.6 Å². The molecule has 0 aromatic heterocycles. The van der Waals surface area contributed by atoms with E-state index in [0.717, 1.165) is 6.07 Å². The van der Waals surface area contributed by atoms with Crippen LogP contribution in [0.2, 0.25) is 0 Å². The minimum Gasteiger partial charge on any atom is -0.462 e. The lowest BCUT2D eigenvalue weighted by molar-refractivity contribution is -0.0501. The predicted octanol–water partition coefficient (Wildman–Crippen LogP) is 3.43. The number of Topliss-reactive ketones (excluding diaryl/α,β-unsaturated/α-hetero) is 1. The van der Waals surface area contributed by atoms with E-state index in [1.165, 1.54) is 12.1 Å². The van der Waals surface area contributed by atoms with Gasteiger partial charge in [0.15, 0.2) is 5.78 Å². The van der Waals surface area contributed by atoms with Crippen LogP contribution in [0.25, 0.3) is 0 Å². The fourth-order valence-corrected chi connectivity index (χ4v) is 1.72. The van der Waals surface area contributed by atoms with Crippen molar-refractivity contribution in [1.29, 1.82) is 0 Å². The lowest BCUT2D eigenvalue weighted by Crippen LogP contribution is -2.15. The van der Waals surface area contributed by atoms with E-state index in [1.54, 1.807) is 13.8 Å². The van der Waals surface area contributed by atoms with Crippen LogP contribution in [0.15, 0.2) is 18.2 Å². The van der Waals surface area contributed by atoms with E-state index in [0.29, 0.717) is 0 Å². The number of alkyl halides is 3. The zero-order valence-corrected chi connectivity index (χ0v) is 12.4. The van der Waals surface area contributed by atoms with Gasteiger partial charge < -0.3 is 9.47 Å². The van der Waals surface area contributed by atoms with Gasteiger partial charge in [0.2, 0.25) is 0 Å². The Balaban J connectivity index is 3.21. The van der Waals surface area contributed by atoms with Crippen molar-refractivity contribution in [3.63, 3.8) is 0 Å². The average Bonchev–Trinajstić information content (AvgIpc) is 2.37. The molecule has 0 fully saturated rings. The molecule has 1 rings (SSSR count). The number of ether oxygens (including phenoxy) is 2. The number of esters is 1. The van der Waals surface area contributed by atoms with E-state index in [4.69, 9.17) is 4.74 Å². The molecule has 4 nitrogen and oxygen atoms in total. The maximum absolute atomic E-state index is 12.3. The maximum atomic E-state index is 12.3. The van der Waals surface area contributed by atoms with E-state index in [9.17, 15) is 18.4 Å². The molecule has 0 radical (unpaired) electrons. The second-order valence-corrected chi connectivity index (χ2v) is 5.16. The Morgan fingerprint density at radius 3 is 2.50 bits per heavy atom. The van der Waals surface area contributed by atoms with Gasteiger partial charge in [0, 0.05) is 0 Å².